The Kier molecular flexibility index (Phi) is 7.74. The van der Waals surface area contributed by atoms with Crippen LogP contribution >= 0.6 is 47.8 Å². The number of aliphatic hydroxyl groups excluding tert-OH is 1. The van der Waals surface area contributed by atoms with Gasteiger partial charge in [-0.15, -0.1) is 0 Å². The summed E-state index contributed by atoms with van der Waals surface area (Å²) in [5, 5.41) is 11.9. The normalized spacial score (nSPS) is 12.0. The molecule has 0 unspecified atom stereocenters. The monoisotopic (exact) mass is 350 g/mol. The quantitative estimate of drug-likeness (QED) is 0.729. The molecule has 0 aromatic heterocycles. The van der Waals surface area contributed by atoms with Crippen molar-refractivity contribution in [1.82, 2.24) is 0 Å². The molecule has 0 aliphatic heterocycles. The Morgan fingerprint density at radius 1 is 1.00 bits per heavy atom. The predicted molar refractivity (Wildman–Crippen MR) is 60.1 cm³/mol. The lowest BCUT2D eigenvalue weighted by Crippen LogP contribution is -2.28. The average Bonchev–Trinajstić information content (AvgIpc) is 2.04. The first-order chi connectivity index (χ1) is 5.24. The minimum atomic E-state index is 0.0625. The van der Waals surface area contributed by atoms with E-state index in [-0.39, 0.29) is 12.0 Å². The highest BCUT2D eigenvalue weighted by molar-refractivity contribution is 9.09. The van der Waals surface area contributed by atoms with Crippen molar-refractivity contribution in [3.05, 3.63) is 0 Å². The van der Waals surface area contributed by atoms with Crippen molar-refractivity contribution in [2.24, 2.45) is 5.41 Å². The van der Waals surface area contributed by atoms with E-state index in [4.69, 9.17) is 5.11 Å². The number of hydrogen-bond donors (Lipinski definition) is 1. The highest BCUT2D eigenvalue weighted by atomic mass is 79.9. The number of hydrogen-bond acceptors (Lipinski definition) is 1. The zero-order valence-corrected chi connectivity index (χ0v) is 11.1. The second-order valence-corrected chi connectivity index (χ2v) is 4.82. The summed E-state index contributed by atoms with van der Waals surface area (Å²) >= 11 is 10.2. The molecule has 0 aromatic carbocycles. The summed E-state index contributed by atoms with van der Waals surface area (Å²) in [5.74, 6) is 0. The third kappa shape index (κ3) is 4.25. The third-order valence-corrected chi connectivity index (χ3v) is 3.85. The minimum Gasteiger partial charge on any atom is -0.396 e. The van der Waals surface area contributed by atoms with Crippen LogP contribution in [0.4, 0.5) is 0 Å². The molecule has 0 spiro atoms. The maximum Gasteiger partial charge on any atom is 0.0496 e. The van der Waals surface area contributed by atoms with Crippen molar-refractivity contribution in [1.29, 1.82) is 0 Å². The average molecular weight is 353 g/mol. The molecule has 0 radical (unpaired) electrons. The van der Waals surface area contributed by atoms with Gasteiger partial charge in [0.15, 0.2) is 0 Å². The summed E-state index contributed by atoms with van der Waals surface area (Å²) in [6.07, 6.45) is 2.03. The van der Waals surface area contributed by atoms with Gasteiger partial charge in [0.1, 0.15) is 0 Å². The van der Waals surface area contributed by atoms with Crippen molar-refractivity contribution >= 4 is 47.8 Å². The van der Waals surface area contributed by atoms with Gasteiger partial charge in [-0.2, -0.15) is 0 Å². The fourth-order valence-corrected chi connectivity index (χ4v) is 3.28. The number of halogens is 3. The standard InChI is InChI=1S/C7H13Br3O/c8-3-1-7(5-10,6-11)2-4-9/h11H,1-6H2. The predicted octanol–water partition coefficient (Wildman–Crippen LogP) is 2.93. The number of alkyl halides is 3. The lowest BCUT2D eigenvalue weighted by Gasteiger charge is -2.28. The van der Waals surface area contributed by atoms with Crippen molar-refractivity contribution in [3.8, 4) is 0 Å². The largest absolute Gasteiger partial charge is 0.396 e. The molecule has 0 saturated carbocycles. The lowest BCUT2D eigenvalue weighted by atomic mass is 9.86. The van der Waals surface area contributed by atoms with E-state index in [9.17, 15) is 0 Å². The summed E-state index contributed by atoms with van der Waals surface area (Å²) in [6, 6.07) is 0. The molecule has 0 saturated heterocycles. The maximum absolute atomic E-state index is 9.17. The molecule has 1 N–H and O–H groups in total. The van der Waals surface area contributed by atoms with Gasteiger partial charge in [-0.25, -0.2) is 0 Å². The van der Waals surface area contributed by atoms with Crippen LogP contribution < -0.4 is 0 Å². The van der Waals surface area contributed by atoms with Crippen LogP contribution in [0.3, 0.4) is 0 Å². The molecule has 0 bridgehead atoms. The van der Waals surface area contributed by atoms with Crippen LogP contribution in [0.15, 0.2) is 0 Å². The van der Waals surface area contributed by atoms with Gasteiger partial charge in [0, 0.05) is 28.0 Å². The molecule has 68 valence electrons. The van der Waals surface area contributed by atoms with Crippen molar-refractivity contribution in [3.63, 3.8) is 0 Å². The zero-order valence-electron chi connectivity index (χ0n) is 6.32. The van der Waals surface area contributed by atoms with Crippen molar-refractivity contribution in [2.45, 2.75) is 12.8 Å². The lowest BCUT2D eigenvalue weighted by molar-refractivity contribution is 0.142. The first-order valence-electron chi connectivity index (χ1n) is 3.53. The fraction of sp³-hybridized carbons (Fsp3) is 1.00. The van der Waals surface area contributed by atoms with Crippen molar-refractivity contribution in [2.75, 3.05) is 22.6 Å². The Labute approximate surface area is 93.3 Å². The highest BCUT2D eigenvalue weighted by Crippen LogP contribution is 2.29. The van der Waals surface area contributed by atoms with Gasteiger partial charge in [0.2, 0.25) is 0 Å². The van der Waals surface area contributed by atoms with Gasteiger partial charge in [0.25, 0.3) is 0 Å². The molecule has 0 heterocycles. The molecule has 0 amide bonds. The Balaban J connectivity index is 3.96. The molecule has 0 rings (SSSR count). The van der Waals surface area contributed by atoms with E-state index in [2.05, 4.69) is 47.8 Å². The molecule has 0 aliphatic rings. The SMILES string of the molecule is OCC(CBr)(CCBr)CCBr. The fourth-order valence-electron chi connectivity index (χ4n) is 0.860. The maximum atomic E-state index is 9.17. The van der Waals surface area contributed by atoms with Crippen LogP contribution in [-0.2, 0) is 0 Å². The summed E-state index contributed by atoms with van der Waals surface area (Å²) in [4.78, 5) is 0. The Bertz CT molecular complexity index is 85.7. The zero-order chi connectivity index (χ0) is 8.74. The molecule has 0 aliphatic carbocycles. The summed E-state index contributed by atoms with van der Waals surface area (Å²) in [5.41, 5.74) is 0.0625. The van der Waals surface area contributed by atoms with Gasteiger partial charge in [-0.1, -0.05) is 47.8 Å². The molecule has 0 atom stereocenters. The summed E-state index contributed by atoms with van der Waals surface area (Å²) < 4.78 is 0. The van der Waals surface area contributed by atoms with Gasteiger partial charge >= 0.3 is 0 Å². The van der Waals surface area contributed by atoms with Crippen LogP contribution in [0, 0.1) is 5.41 Å². The van der Waals surface area contributed by atoms with Crippen LogP contribution in [0.25, 0.3) is 0 Å². The van der Waals surface area contributed by atoms with Gasteiger partial charge < -0.3 is 5.11 Å². The van der Waals surface area contributed by atoms with Gasteiger partial charge in [-0.05, 0) is 12.8 Å². The number of rotatable bonds is 6. The summed E-state index contributed by atoms with van der Waals surface area (Å²) in [7, 11) is 0. The van der Waals surface area contributed by atoms with E-state index in [1.54, 1.807) is 0 Å². The van der Waals surface area contributed by atoms with E-state index in [0.29, 0.717) is 0 Å². The van der Waals surface area contributed by atoms with E-state index in [1.807, 2.05) is 0 Å². The van der Waals surface area contributed by atoms with E-state index in [0.717, 1.165) is 28.8 Å². The van der Waals surface area contributed by atoms with E-state index < -0.39 is 0 Å². The summed E-state index contributed by atoms with van der Waals surface area (Å²) in [6.45, 7) is 0.259. The van der Waals surface area contributed by atoms with Gasteiger partial charge in [0.05, 0.1) is 0 Å². The Morgan fingerprint density at radius 2 is 1.45 bits per heavy atom. The van der Waals surface area contributed by atoms with E-state index in [1.165, 1.54) is 0 Å². The molecular formula is C7H13Br3O. The Hall–Kier alpha value is 1.40. The second kappa shape index (κ2) is 6.87. The molecule has 4 heteroatoms. The molecule has 11 heavy (non-hydrogen) atoms. The first-order valence-corrected chi connectivity index (χ1v) is 6.90. The molecule has 0 aromatic rings. The number of aliphatic hydroxyl groups is 1. The highest BCUT2D eigenvalue weighted by Gasteiger charge is 2.26. The second-order valence-electron chi connectivity index (χ2n) is 2.67. The van der Waals surface area contributed by atoms with Crippen LogP contribution in [0.2, 0.25) is 0 Å². The Morgan fingerprint density at radius 3 is 1.64 bits per heavy atom. The minimum absolute atomic E-state index is 0.0625. The molecular weight excluding hydrogens is 340 g/mol. The first kappa shape index (κ1) is 12.4. The smallest absolute Gasteiger partial charge is 0.0496 e. The van der Waals surface area contributed by atoms with Gasteiger partial charge in [-0.3, -0.25) is 0 Å². The molecule has 1 nitrogen and oxygen atoms in total. The van der Waals surface area contributed by atoms with Crippen LogP contribution in [-0.4, -0.2) is 27.7 Å². The molecule has 0 fully saturated rings. The van der Waals surface area contributed by atoms with Crippen LogP contribution in [0.1, 0.15) is 12.8 Å². The third-order valence-electron chi connectivity index (χ3n) is 1.87. The van der Waals surface area contributed by atoms with E-state index >= 15 is 0 Å². The topological polar surface area (TPSA) is 20.2 Å². The van der Waals surface area contributed by atoms with Crippen LogP contribution in [0.5, 0.6) is 0 Å². The van der Waals surface area contributed by atoms with Crippen molar-refractivity contribution < 1.29 is 5.11 Å².